The minimum atomic E-state index is -0.991. The van der Waals surface area contributed by atoms with Crippen LogP contribution < -0.4 is 5.32 Å². The first-order chi connectivity index (χ1) is 10.1. The minimum Gasteiger partial charge on any atom is -0.477 e. The third-order valence-corrected chi connectivity index (χ3v) is 4.32. The highest BCUT2D eigenvalue weighted by molar-refractivity contribution is 5.85. The molecule has 1 saturated carbocycles. The van der Waals surface area contributed by atoms with E-state index in [-0.39, 0.29) is 5.69 Å². The summed E-state index contributed by atoms with van der Waals surface area (Å²) in [5, 5.41) is 12.3. The quantitative estimate of drug-likeness (QED) is 0.843. The van der Waals surface area contributed by atoms with Crippen molar-refractivity contribution in [1.82, 2.24) is 9.88 Å². The van der Waals surface area contributed by atoms with Gasteiger partial charge >= 0.3 is 5.97 Å². The van der Waals surface area contributed by atoms with Gasteiger partial charge in [-0.25, -0.2) is 9.78 Å². The normalized spacial score (nSPS) is 17.7. The average Bonchev–Trinajstić information content (AvgIpc) is 2.48. The fourth-order valence-electron chi connectivity index (χ4n) is 3.15. The number of rotatable bonds is 6. The Kier molecular flexibility index (Phi) is 5.56. The van der Waals surface area contributed by atoms with E-state index in [0.717, 1.165) is 6.54 Å². The summed E-state index contributed by atoms with van der Waals surface area (Å²) in [5.74, 6) is 0.358. The number of nitrogens with zero attached hydrogens (tertiary/aromatic N) is 2. The highest BCUT2D eigenvalue weighted by Gasteiger charge is 2.25. The number of pyridine rings is 1. The van der Waals surface area contributed by atoms with Crippen molar-refractivity contribution in [1.29, 1.82) is 0 Å². The molecule has 5 heteroatoms. The lowest BCUT2D eigenvalue weighted by atomic mass is 9.83. The molecule has 0 radical (unpaired) electrons. The van der Waals surface area contributed by atoms with Crippen LogP contribution in [0.3, 0.4) is 0 Å². The topological polar surface area (TPSA) is 65.5 Å². The summed E-state index contributed by atoms with van der Waals surface area (Å²) in [7, 11) is 4.23. The van der Waals surface area contributed by atoms with Gasteiger partial charge in [-0.05, 0) is 45.0 Å². The first kappa shape index (κ1) is 15.8. The third kappa shape index (κ3) is 4.43. The molecule has 0 spiro atoms. The van der Waals surface area contributed by atoms with Gasteiger partial charge in [0.1, 0.15) is 5.82 Å². The van der Waals surface area contributed by atoms with Crippen molar-refractivity contribution in [2.24, 2.45) is 5.92 Å². The summed E-state index contributed by atoms with van der Waals surface area (Å²) >= 11 is 0. The lowest BCUT2D eigenvalue weighted by Crippen LogP contribution is -2.41. The summed E-state index contributed by atoms with van der Waals surface area (Å²) < 4.78 is 0. The van der Waals surface area contributed by atoms with Crippen LogP contribution >= 0.6 is 0 Å². The highest BCUT2D eigenvalue weighted by atomic mass is 16.4. The van der Waals surface area contributed by atoms with Crippen molar-refractivity contribution in [2.45, 2.75) is 38.1 Å². The fraction of sp³-hybridized carbons (Fsp3) is 0.625. The number of carboxylic acid groups (broad SMARTS) is 1. The number of nitrogens with one attached hydrogen (secondary N) is 1. The largest absolute Gasteiger partial charge is 0.477 e. The molecule has 0 bridgehead atoms. The number of likely N-dealkylation sites (N-methyl/N-ethyl adjacent to an activating group) is 1. The molecule has 1 aromatic rings. The molecular weight excluding hydrogens is 266 g/mol. The van der Waals surface area contributed by atoms with E-state index in [1.807, 2.05) is 6.07 Å². The lowest BCUT2D eigenvalue weighted by molar-refractivity contribution is 0.0690. The zero-order chi connectivity index (χ0) is 15.2. The van der Waals surface area contributed by atoms with E-state index in [1.165, 1.54) is 38.2 Å². The van der Waals surface area contributed by atoms with Gasteiger partial charge in [-0.1, -0.05) is 25.3 Å². The van der Waals surface area contributed by atoms with Crippen LogP contribution in [-0.4, -0.2) is 47.6 Å². The SMILES string of the molecule is CN(C)C(CNc1cccc(C(=O)O)n1)C1CCCCC1. The van der Waals surface area contributed by atoms with Crippen LogP contribution in [0.15, 0.2) is 18.2 Å². The zero-order valence-electron chi connectivity index (χ0n) is 12.9. The lowest BCUT2D eigenvalue weighted by Gasteiger charge is -2.35. The molecule has 2 N–H and O–H groups in total. The van der Waals surface area contributed by atoms with Gasteiger partial charge in [0, 0.05) is 12.6 Å². The average molecular weight is 291 g/mol. The summed E-state index contributed by atoms with van der Waals surface area (Å²) in [6.07, 6.45) is 6.57. The zero-order valence-corrected chi connectivity index (χ0v) is 12.9. The van der Waals surface area contributed by atoms with Crippen molar-refractivity contribution in [2.75, 3.05) is 26.0 Å². The van der Waals surface area contributed by atoms with Crippen LogP contribution in [0.1, 0.15) is 42.6 Å². The number of aromatic nitrogens is 1. The van der Waals surface area contributed by atoms with Gasteiger partial charge in [-0.3, -0.25) is 0 Å². The van der Waals surface area contributed by atoms with Gasteiger partial charge in [0.15, 0.2) is 5.69 Å². The van der Waals surface area contributed by atoms with E-state index in [9.17, 15) is 4.79 Å². The Hall–Kier alpha value is -1.62. The molecule has 5 nitrogen and oxygen atoms in total. The van der Waals surface area contributed by atoms with E-state index in [0.29, 0.717) is 17.8 Å². The first-order valence-corrected chi connectivity index (χ1v) is 7.68. The Balaban J connectivity index is 1.98. The molecule has 0 aromatic carbocycles. The molecule has 116 valence electrons. The van der Waals surface area contributed by atoms with Crippen molar-refractivity contribution >= 4 is 11.8 Å². The van der Waals surface area contributed by atoms with Gasteiger partial charge in [0.25, 0.3) is 0 Å². The minimum absolute atomic E-state index is 0.0825. The van der Waals surface area contributed by atoms with E-state index < -0.39 is 5.97 Å². The number of carboxylic acids is 1. The van der Waals surface area contributed by atoms with Crippen LogP contribution in [0.4, 0.5) is 5.82 Å². The van der Waals surface area contributed by atoms with Crippen LogP contribution in [-0.2, 0) is 0 Å². The smallest absolute Gasteiger partial charge is 0.354 e. The Morgan fingerprint density at radius 1 is 1.38 bits per heavy atom. The molecule has 2 rings (SSSR count). The molecule has 1 unspecified atom stereocenters. The Labute approximate surface area is 126 Å². The van der Waals surface area contributed by atoms with Crippen molar-refractivity contribution in [3.05, 3.63) is 23.9 Å². The van der Waals surface area contributed by atoms with Crippen LogP contribution in [0.5, 0.6) is 0 Å². The predicted octanol–water partition coefficient (Wildman–Crippen LogP) is 2.70. The van der Waals surface area contributed by atoms with E-state index in [2.05, 4.69) is 29.3 Å². The van der Waals surface area contributed by atoms with Crippen molar-refractivity contribution in [3.63, 3.8) is 0 Å². The molecule has 1 aliphatic carbocycles. The standard InChI is InChI=1S/C16H25N3O2/c1-19(2)14(12-7-4-3-5-8-12)11-17-15-10-6-9-13(18-15)16(20)21/h6,9-10,12,14H,3-5,7-8,11H2,1-2H3,(H,17,18)(H,20,21). The van der Waals surface area contributed by atoms with Crippen LogP contribution in [0, 0.1) is 5.92 Å². The molecular formula is C16H25N3O2. The van der Waals surface area contributed by atoms with E-state index in [4.69, 9.17) is 5.11 Å². The third-order valence-electron chi connectivity index (χ3n) is 4.32. The van der Waals surface area contributed by atoms with Crippen molar-refractivity contribution in [3.8, 4) is 0 Å². The molecule has 0 amide bonds. The monoisotopic (exact) mass is 291 g/mol. The van der Waals surface area contributed by atoms with Crippen LogP contribution in [0.2, 0.25) is 0 Å². The second-order valence-corrected chi connectivity index (χ2v) is 6.02. The predicted molar refractivity (Wildman–Crippen MR) is 83.7 cm³/mol. The number of hydrogen-bond acceptors (Lipinski definition) is 4. The van der Waals surface area contributed by atoms with Gasteiger partial charge in [0.2, 0.25) is 0 Å². The molecule has 1 heterocycles. The summed E-state index contributed by atoms with van der Waals surface area (Å²) in [5.41, 5.74) is 0.0825. The maximum absolute atomic E-state index is 10.9. The van der Waals surface area contributed by atoms with Crippen molar-refractivity contribution < 1.29 is 9.90 Å². The maximum atomic E-state index is 10.9. The maximum Gasteiger partial charge on any atom is 0.354 e. The number of aromatic carboxylic acids is 1. The molecule has 0 saturated heterocycles. The van der Waals surface area contributed by atoms with Gasteiger partial charge in [-0.2, -0.15) is 0 Å². The summed E-state index contributed by atoms with van der Waals surface area (Å²) in [6.45, 7) is 0.799. The number of anilines is 1. The molecule has 0 aliphatic heterocycles. The van der Waals surface area contributed by atoms with Gasteiger partial charge in [-0.15, -0.1) is 0 Å². The highest BCUT2D eigenvalue weighted by Crippen LogP contribution is 2.28. The molecule has 1 atom stereocenters. The number of carbonyl (C=O) groups is 1. The summed E-state index contributed by atoms with van der Waals surface area (Å²) in [6, 6.07) is 5.52. The fourth-order valence-corrected chi connectivity index (χ4v) is 3.15. The van der Waals surface area contributed by atoms with E-state index in [1.54, 1.807) is 6.07 Å². The Morgan fingerprint density at radius 3 is 2.71 bits per heavy atom. The second-order valence-electron chi connectivity index (χ2n) is 6.02. The molecule has 1 aliphatic rings. The number of hydrogen-bond donors (Lipinski definition) is 2. The Morgan fingerprint density at radius 2 is 2.10 bits per heavy atom. The molecule has 21 heavy (non-hydrogen) atoms. The van der Waals surface area contributed by atoms with E-state index >= 15 is 0 Å². The first-order valence-electron chi connectivity index (χ1n) is 7.68. The van der Waals surface area contributed by atoms with Gasteiger partial charge in [0.05, 0.1) is 0 Å². The Bertz CT molecular complexity index is 470. The molecule has 1 fully saturated rings. The van der Waals surface area contributed by atoms with Crippen LogP contribution in [0.25, 0.3) is 0 Å². The second kappa shape index (κ2) is 7.41. The summed E-state index contributed by atoms with van der Waals surface area (Å²) in [4.78, 5) is 17.3. The molecule has 1 aromatic heterocycles. The van der Waals surface area contributed by atoms with Gasteiger partial charge < -0.3 is 15.3 Å².